The van der Waals surface area contributed by atoms with E-state index in [1.165, 1.54) is 0 Å². The van der Waals surface area contributed by atoms with Gasteiger partial charge in [-0.05, 0) is 6.42 Å². The highest BCUT2D eigenvalue weighted by atomic mass is 16.2. The summed E-state index contributed by atoms with van der Waals surface area (Å²) in [4.78, 5) is 33.4. The molecule has 0 bridgehead atoms. The molecule has 0 heterocycles. The van der Waals surface area contributed by atoms with Gasteiger partial charge < -0.3 is 21.7 Å². The van der Waals surface area contributed by atoms with E-state index in [2.05, 4.69) is 16.0 Å². The molecular formula is C10H20N4O3. The summed E-state index contributed by atoms with van der Waals surface area (Å²) in [7, 11) is 0. The lowest BCUT2D eigenvalue weighted by molar-refractivity contribution is -0.139. The minimum absolute atomic E-state index is 0.143. The van der Waals surface area contributed by atoms with Gasteiger partial charge in [0.25, 0.3) is 0 Å². The van der Waals surface area contributed by atoms with Crippen LogP contribution in [-0.4, -0.2) is 43.9 Å². The van der Waals surface area contributed by atoms with Gasteiger partial charge in [-0.1, -0.05) is 6.92 Å². The summed E-state index contributed by atoms with van der Waals surface area (Å²) < 4.78 is 0. The van der Waals surface area contributed by atoms with Crippen LogP contribution in [0.2, 0.25) is 0 Å². The zero-order valence-corrected chi connectivity index (χ0v) is 10.0. The van der Waals surface area contributed by atoms with Gasteiger partial charge in [0.05, 0.1) is 0 Å². The summed E-state index contributed by atoms with van der Waals surface area (Å²) in [6.45, 7) is 3.24. The van der Waals surface area contributed by atoms with Crippen LogP contribution in [0.4, 0.5) is 0 Å². The fourth-order valence-electron chi connectivity index (χ4n) is 0.989. The summed E-state index contributed by atoms with van der Waals surface area (Å²) in [5, 5.41) is 7.34. The van der Waals surface area contributed by atoms with Gasteiger partial charge in [0.2, 0.25) is 5.91 Å². The van der Waals surface area contributed by atoms with Gasteiger partial charge >= 0.3 is 11.8 Å². The minimum Gasteiger partial charge on any atom is -0.356 e. The van der Waals surface area contributed by atoms with Gasteiger partial charge in [0, 0.05) is 32.6 Å². The molecule has 7 heteroatoms. The Kier molecular flexibility index (Phi) is 8.67. The van der Waals surface area contributed by atoms with Crippen molar-refractivity contribution in [2.24, 2.45) is 5.73 Å². The first-order chi connectivity index (χ1) is 8.11. The lowest BCUT2D eigenvalue weighted by atomic mass is 10.3. The molecule has 0 rings (SSSR count). The number of nitrogens with one attached hydrogen (secondary N) is 3. The van der Waals surface area contributed by atoms with Crippen molar-refractivity contribution < 1.29 is 14.4 Å². The van der Waals surface area contributed by atoms with Crippen LogP contribution in [0.25, 0.3) is 0 Å². The van der Waals surface area contributed by atoms with Gasteiger partial charge in [-0.2, -0.15) is 0 Å². The van der Waals surface area contributed by atoms with Gasteiger partial charge in [-0.25, -0.2) is 0 Å². The van der Waals surface area contributed by atoms with Crippen LogP contribution in [-0.2, 0) is 14.4 Å². The SMILES string of the molecule is CCCNC(=O)CCNC(=O)C(=O)NCCN. The summed E-state index contributed by atoms with van der Waals surface area (Å²) >= 11 is 0. The van der Waals surface area contributed by atoms with E-state index in [1.54, 1.807) is 0 Å². The van der Waals surface area contributed by atoms with E-state index >= 15 is 0 Å². The molecule has 98 valence electrons. The summed E-state index contributed by atoms with van der Waals surface area (Å²) in [6, 6.07) is 0. The van der Waals surface area contributed by atoms with Gasteiger partial charge in [0.15, 0.2) is 0 Å². The second kappa shape index (κ2) is 9.59. The predicted octanol–water partition coefficient (Wildman–Crippen LogP) is -1.91. The number of amides is 3. The highest BCUT2D eigenvalue weighted by Crippen LogP contribution is 1.79. The van der Waals surface area contributed by atoms with E-state index in [0.29, 0.717) is 6.54 Å². The third-order valence-corrected chi connectivity index (χ3v) is 1.85. The average Bonchev–Trinajstić information content (AvgIpc) is 2.33. The average molecular weight is 244 g/mol. The summed E-state index contributed by atoms with van der Waals surface area (Å²) in [6.07, 6.45) is 1.02. The molecule has 0 aliphatic rings. The van der Waals surface area contributed by atoms with Crippen LogP contribution in [0.3, 0.4) is 0 Å². The monoisotopic (exact) mass is 244 g/mol. The molecule has 5 N–H and O–H groups in total. The number of nitrogens with two attached hydrogens (primary N) is 1. The maximum Gasteiger partial charge on any atom is 0.309 e. The van der Waals surface area contributed by atoms with Crippen molar-refractivity contribution in [1.29, 1.82) is 0 Å². The van der Waals surface area contributed by atoms with E-state index < -0.39 is 11.8 Å². The molecule has 0 atom stereocenters. The largest absolute Gasteiger partial charge is 0.356 e. The molecule has 0 fully saturated rings. The second-order valence-corrected chi connectivity index (χ2v) is 3.40. The van der Waals surface area contributed by atoms with E-state index in [-0.39, 0.29) is 32.0 Å². The zero-order valence-electron chi connectivity index (χ0n) is 10.0. The van der Waals surface area contributed by atoms with Crippen molar-refractivity contribution in [2.75, 3.05) is 26.2 Å². The normalized spacial score (nSPS) is 9.53. The molecule has 17 heavy (non-hydrogen) atoms. The van der Waals surface area contributed by atoms with Crippen LogP contribution < -0.4 is 21.7 Å². The van der Waals surface area contributed by atoms with Crippen molar-refractivity contribution in [1.82, 2.24) is 16.0 Å². The van der Waals surface area contributed by atoms with Crippen molar-refractivity contribution in [2.45, 2.75) is 19.8 Å². The van der Waals surface area contributed by atoms with Crippen LogP contribution in [0, 0.1) is 0 Å². The van der Waals surface area contributed by atoms with Gasteiger partial charge in [0.1, 0.15) is 0 Å². The Morgan fingerprint density at radius 1 is 0.941 bits per heavy atom. The van der Waals surface area contributed by atoms with Gasteiger partial charge in [-0.15, -0.1) is 0 Å². The maximum atomic E-state index is 11.1. The Morgan fingerprint density at radius 3 is 2.06 bits per heavy atom. The standard InChI is InChI=1S/C10H20N4O3/c1-2-5-12-8(15)3-6-13-9(16)10(17)14-7-4-11/h2-7,11H2,1H3,(H,12,15)(H,13,16)(H,14,17). The number of carbonyl (C=O) groups is 3. The highest BCUT2D eigenvalue weighted by Gasteiger charge is 2.11. The first-order valence-electron chi connectivity index (χ1n) is 5.64. The molecule has 0 aliphatic carbocycles. The molecule has 3 amide bonds. The molecule has 7 nitrogen and oxygen atoms in total. The molecule has 0 radical (unpaired) electrons. The topological polar surface area (TPSA) is 113 Å². The number of rotatable bonds is 7. The Bertz CT molecular complexity index is 268. The zero-order chi connectivity index (χ0) is 13.1. The molecule has 0 spiro atoms. The fraction of sp³-hybridized carbons (Fsp3) is 0.700. The number of hydrogen-bond donors (Lipinski definition) is 4. The lowest BCUT2D eigenvalue weighted by Gasteiger charge is -2.06. The third kappa shape index (κ3) is 8.21. The molecule has 0 saturated carbocycles. The molecule has 0 aromatic heterocycles. The Balaban J connectivity index is 3.63. The van der Waals surface area contributed by atoms with Crippen molar-refractivity contribution in [3.63, 3.8) is 0 Å². The quantitative estimate of drug-likeness (QED) is 0.391. The van der Waals surface area contributed by atoms with E-state index in [4.69, 9.17) is 5.73 Å². The van der Waals surface area contributed by atoms with Gasteiger partial charge in [-0.3, -0.25) is 14.4 Å². The molecule has 0 aliphatic heterocycles. The molecular weight excluding hydrogens is 224 g/mol. The van der Waals surface area contributed by atoms with Crippen molar-refractivity contribution >= 4 is 17.7 Å². The van der Waals surface area contributed by atoms with Crippen LogP contribution in [0.1, 0.15) is 19.8 Å². The molecule has 0 aromatic carbocycles. The van der Waals surface area contributed by atoms with E-state index in [1.807, 2.05) is 6.92 Å². The van der Waals surface area contributed by atoms with E-state index in [0.717, 1.165) is 6.42 Å². The minimum atomic E-state index is -0.748. The maximum absolute atomic E-state index is 11.1. The number of carbonyl (C=O) groups excluding carboxylic acids is 3. The van der Waals surface area contributed by atoms with Crippen LogP contribution in [0.5, 0.6) is 0 Å². The summed E-state index contributed by atoms with van der Waals surface area (Å²) in [5.74, 6) is -1.62. The van der Waals surface area contributed by atoms with Crippen molar-refractivity contribution in [3.05, 3.63) is 0 Å². The molecule has 0 unspecified atom stereocenters. The Morgan fingerprint density at radius 2 is 1.53 bits per heavy atom. The fourth-order valence-corrected chi connectivity index (χ4v) is 0.989. The van der Waals surface area contributed by atoms with Crippen molar-refractivity contribution in [3.8, 4) is 0 Å². The second-order valence-electron chi connectivity index (χ2n) is 3.40. The first kappa shape index (κ1) is 15.4. The highest BCUT2D eigenvalue weighted by molar-refractivity contribution is 6.35. The molecule has 0 saturated heterocycles. The summed E-state index contributed by atoms with van der Waals surface area (Å²) in [5.41, 5.74) is 5.16. The Labute approximate surface area is 100 Å². The van der Waals surface area contributed by atoms with Crippen LogP contribution in [0.15, 0.2) is 0 Å². The predicted molar refractivity (Wildman–Crippen MR) is 63.0 cm³/mol. The third-order valence-electron chi connectivity index (χ3n) is 1.85. The lowest BCUT2D eigenvalue weighted by Crippen LogP contribution is -2.42. The molecule has 0 aromatic rings. The van der Waals surface area contributed by atoms with E-state index in [9.17, 15) is 14.4 Å². The Hall–Kier alpha value is -1.63. The van der Waals surface area contributed by atoms with Crippen LogP contribution >= 0.6 is 0 Å². The first-order valence-corrected chi connectivity index (χ1v) is 5.64. The smallest absolute Gasteiger partial charge is 0.309 e. The number of hydrogen-bond acceptors (Lipinski definition) is 4.